The number of nitrogens with one attached hydrogen (secondary N) is 2. The molecule has 1 amide bonds. The second-order valence-corrected chi connectivity index (χ2v) is 9.05. The molecule has 0 saturated carbocycles. The number of aromatic amines is 1. The van der Waals surface area contributed by atoms with E-state index in [1.807, 2.05) is 0 Å². The number of carbonyl (C=O) groups is 2. The van der Waals surface area contributed by atoms with E-state index in [-0.39, 0.29) is 21.6 Å². The summed E-state index contributed by atoms with van der Waals surface area (Å²) in [6.45, 7) is 1.77. The Bertz CT molecular complexity index is 1400. The van der Waals surface area contributed by atoms with Crippen LogP contribution in [0.3, 0.4) is 0 Å². The zero-order valence-electron chi connectivity index (χ0n) is 17.1. The van der Waals surface area contributed by atoms with E-state index in [9.17, 15) is 31.2 Å². The Hall–Kier alpha value is -3.68. The highest BCUT2D eigenvalue weighted by Crippen LogP contribution is 2.32. The van der Waals surface area contributed by atoms with Gasteiger partial charge in [0.1, 0.15) is 5.52 Å². The van der Waals surface area contributed by atoms with Gasteiger partial charge in [-0.05, 0) is 19.1 Å². The molecule has 0 radical (unpaired) electrons. The zero-order chi connectivity index (χ0) is 24.1. The summed E-state index contributed by atoms with van der Waals surface area (Å²) in [6.07, 6.45) is -4.31. The Kier molecular flexibility index (Phi) is 5.27. The van der Waals surface area contributed by atoms with E-state index in [4.69, 9.17) is 0 Å². The first-order valence-electron chi connectivity index (χ1n) is 9.43. The van der Waals surface area contributed by atoms with Crippen LogP contribution >= 0.6 is 0 Å². The number of nitrogens with zero attached hydrogens (tertiary/aromatic N) is 3. The molecule has 3 aromatic rings. The number of alkyl halides is 3. The largest absolute Gasteiger partial charge is 0.493 e. The minimum absolute atomic E-state index is 0.0924. The van der Waals surface area contributed by atoms with Gasteiger partial charge in [-0.15, -0.1) is 0 Å². The van der Waals surface area contributed by atoms with Gasteiger partial charge in [-0.3, -0.25) is 4.79 Å². The molecule has 1 aliphatic heterocycles. The van der Waals surface area contributed by atoms with Crippen LogP contribution in [-0.4, -0.2) is 54.2 Å². The molecule has 1 aromatic carbocycles. The molecule has 4 rings (SSSR count). The number of anilines is 1. The van der Waals surface area contributed by atoms with E-state index < -0.39 is 28.0 Å². The van der Waals surface area contributed by atoms with Gasteiger partial charge < -0.3 is 15.1 Å². The smallest absolute Gasteiger partial charge is 0.358 e. The fraction of sp³-hybridized carbons (Fsp3) is 0.263. The minimum Gasteiger partial charge on any atom is -0.358 e. The zero-order valence-corrected chi connectivity index (χ0v) is 18.0. The molecule has 0 atom stereocenters. The lowest BCUT2D eigenvalue weighted by Crippen LogP contribution is -2.39. The highest BCUT2D eigenvalue weighted by Gasteiger charge is 2.44. The van der Waals surface area contributed by atoms with Gasteiger partial charge in [0.2, 0.25) is 5.82 Å². The molecule has 0 fully saturated rings. The van der Waals surface area contributed by atoms with Crippen molar-refractivity contribution >= 4 is 38.8 Å². The van der Waals surface area contributed by atoms with Gasteiger partial charge in [-0.1, -0.05) is 16.6 Å². The molecule has 0 unspecified atom stereocenters. The van der Waals surface area contributed by atoms with Gasteiger partial charge in [0.15, 0.2) is 0 Å². The second-order valence-electron chi connectivity index (χ2n) is 7.25. The van der Waals surface area contributed by atoms with E-state index >= 15 is 0 Å². The number of halogens is 3. The number of benzene rings is 1. The number of aryl methyl sites for hydroxylation is 1. The van der Waals surface area contributed by atoms with E-state index in [1.165, 1.54) is 6.92 Å². The lowest BCUT2D eigenvalue weighted by atomic mass is 10.1. The van der Waals surface area contributed by atoms with Crippen LogP contribution in [0, 0.1) is 6.92 Å². The monoisotopic (exact) mass is 483 g/mol. The molecule has 33 heavy (non-hydrogen) atoms. The summed E-state index contributed by atoms with van der Waals surface area (Å²) in [5.41, 5.74) is 2.36. The molecule has 2 N–H and O–H groups in total. The maximum Gasteiger partial charge on any atom is 0.493 e. The predicted octanol–water partition coefficient (Wildman–Crippen LogP) is 2.01. The number of hydrogen-bond acceptors (Lipinski definition) is 7. The maximum atomic E-state index is 12.7. The third-order valence-corrected chi connectivity index (χ3v) is 5.66. The van der Waals surface area contributed by atoms with Crippen molar-refractivity contribution in [1.82, 2.24) is 20.3 Å². The number of rotatable bonds is 4. The van der Waals surface area contributed by atoms with E-state index in [0.717, 1.165) is 0 Å². The number of H-pyrrole nitrogens is 1. The van der Waals surface area contributed by atoms with Crippen LogP contribution in [0.5, 0.6) is 0 Å². The van der Waals surface area contributed by atoms with Gasteiger partial charge in [0.25, 0.3) is 15.9 Å². The number of fused-ring (bicyclic) bond motifs is 2. The Morgan fingerprint density at radius 3 is 2.58 bits per heavy atom. The standard InChI is InChI=1S/C19H16F3N5O5S/c1-9-16(27(33(2,30)31)32-18(29)19(20,21)22)26-15-10(4-3-5-13(15)24-9)14-8-11-12(25-14)6-7-23-17(11)28/h3-5,8,25H,6-7H2,1-2H3,(H,23,28). The van der Waals surface area contributed by atoms with Crippen LogP contribution in [0.2, 0.25) is 0 Å². The van der Waals surface area contributed by atoms with Crippen LogP contribution in [0.15, 0.2) is 24.3 Å². The summed E-state index contributed by atoms with van der Waals surface area (Å²) in [5, 5.41) is 2.72. The summed E-state index contributed by atoms with van der Waals surface area (Å²) < 4.78 is 62.3. The Morgan fingerprint density at radius 1 is 1.21 bits per heavy atom. The van der Waals surface area contributed by atoms with Crippen LogP contribution in [-0.2, 0) is 26.1 Å². The maximum absolute atomic E-state index is 12.7. The predicted molar refractivity (Wildman–Crippen MR) is 110 cm³/mol. The number of hydrogen-bond donors (Lipinski definition) is 2. The van der Waals surface area contributed by atoms with Gasteiger partial charge in [-0.25, -0.2) is 23.2 Å². The third-order valence-electron chi connectivity index (χ3n) is 4.81. The van der Waals surface area contributed by atoms with E-state index in [2.05, 4.69) is 25.1 Å². The van der Waals surface area contributed by atoms with Crippen LogP contribution in [0.1, 0.15) is 21.7 Å². The van der Waals surface area contributed by atoms with Crippen molar-refractivity contribution in [2.45, 2.75) is 19.5 Å². The summed E-state index contributed by atoms with van der Waals surface area (Å²) in [6, 6.07) is 6.45. The quantitative estimate of drug-likeness (QED) is 0.542. The van der Waals surface area contributed by atoms with Crippen molar-refractivity contribution in [1.29, 1.82) is 0 Å². The number of carbonyl (C=O) groups excluding carboxylic acids is 2. The SMILES string of the molecule is Cc1nc2cccc(-c3cc4c([nH]3)CCNC4=O)c2nc1N(OC(=O)C(F)(F)F)S(C)(=O)=O. The molecule has 2 aromatic heterocycles. The van der Waals surface area contributed by atoms with Crippen molar-refractivity contribution in [2.75, 3.05) is 17.3 Å². The number of sulfonamides is 1. The fourth-order valence-corrected chi connectivity index (χ4v) is 4.07. The van der Waals surface area contributed by atoms with Crippen molar-refractivity contribution in [3.05, 3.63) is 41.2 Å². The lowest BCUT2D eigenvalue weighted by molar-refractivity contribution is -0.199. The van der Waals surface area contributed by atoms with Gasteiger partial charge in [0.05, 0.1) is 23.0 Å². The molecule has 0 saturated heterocycles. The molecule has 14 heteroatoms. The molecule has 1 aliphatic rings. The van der Waals surface area contributed by atoms with Crippen LogP contribution in [0.4, 0.5) is 19.0 Å². The topological polar surface area (TPSA) is 134 Å². The summed E-state index contributed by atoms with van der Waals surface area (Å²) in [7, 11) is -4.52. The number of aromatic nitrogens is 3. The van der Waals surface area contributed by atoms with Crippen LogP contribution in [0.25, 0.3) is 22.3 Å². The third kappa shape index (κ3) is 4.20. The van der Waals surface area contributed by atoms with Crippen molar-refractivity contribution in [3.63, 3.8) is 0 Å². The first-order valence-corrected chi connectivity index (χ1v) is 11.3. The summed E-state index contributed by atoms with van der Waals surface area (Å²) >= 11 is 0. The second kappa shape index (κ2) is 7.72. The van der Waals surface area contributed by atoms with E-state index in [1.54, 1.807) is 24.3 Å². The highest BCUT2D eigenvalue weighted by molar-refractivity contribution is 7.91. The summed E-state index contributed by atoms with van der Waals surface area (Å²) in [4.78, 5) is 39.1. The summed E-state index contributed by atoms with van der Waals surface area (Å²) in [5.74, 6) is -3.60. The molecule has 0 bridgehead atoms. The average Bonchev–Trinajstić information content (AvgIpc) is 3.15. The molecule has 0 spiro atoms. The highest BCUT2D eigenvalue weighted by atomic mass is 32.2. The molecule has 0 aliphatic carbocycles. The number of amides is 1. The van der Waals surface area contributed by atoms with Gasteiger partial charge in [0, 0.05) is 29.9 Å². The molecular weight excluding hydrogens is 467 g/mol. The fourth-order valence-electron chi connectivity index (χ4n) is 3.38. The molecule has 10 nitrogen and oxygen atoms in total. The Labute approximate surface area is 184 Å². The Morgan fingerprint density at radius 2 is 1.94 bits per heavy atom. The van der Waals surface area contributed by atoms with Crippen LogP contribution < -0.4 is 9.79 Å². The Balaban J connectivity index is 1.88. The van der Waals surface area contributed by atoms with Crippen molar-refractivity contribution < 1.29 is 36.0 Å². The van der Waals surface area contributed by atoms with E-state index in [0.29, 0.717) is 47.3 Å². The van der Waals surface area contributed by atoms with Gasteiger partial charge in [-0.2, -0.15) is 13.2 Å². The van der Waals surface area contributed by atoms with Crippen molar-refractivity contribution in [2.24, 2.45) is 0 Å². The molecular formula is C19H16F3N5O5S. The average molecular weight is 483 g/mol. The normalized spacial score (nSPS) is 14.0. The molecule has 3 heterocycles. The lowest BCUT2D eigenvalue weighted by Gasteiger charge is -2.21. The first-order chi connectivity index (χ1) is 15.4. The molecule has 174 valence electrons. The van der Waals surface area contributed by atoms with Crippen molar-refractivity contribution in [3.8, 4) is 11.3 Å². The number of para-hydroxylation sites is 1. The van der Waals surface area contributed by atoms with Gasteiger partial charge >= 0.3 is 12.1 Å². The minimum atomic E-state index is -5.43. The first kappa shape index (κ1) is 22.5.